The Kier molecular flexibility index (Phi) is 3.79. The van der Waals surface area contributed by atoms with Gasteiger partial charge >= 0.3 is 0 Å². The second-order valence-corrected chi connectivity index (χ2v) is 7.63. The Hall–Kier alpha value is -0.530. The van der Waals surface area contributed by atoms with Gasteiger partial charge in [-0.05, 0) is 19.9 Å². The zero-order chi connectivity index (χ0) is 12.5. The lowest BCUT2D eigenvalue weighted by Gasteiger charge is -2.06. The molecule has 1 fully saturated rings. The molecule has 2 rings (SSSR count). The summed E-state index contributed by atoms with van der Waals surface area (Å²) in [7, 11) is -2.84. The lowest BCUT2D eigenvalue weighted by Crippen LogP contribution is -2.17. The van der Waals surface area contributed by atoms with E-state index >= 15 is 0 Å². The fourth-order valence-corrected chi connectivity index (χ4v) is 4.83. The first-order chi connectivity index (χ1) is 8.02. The van der Waals surface area contributed by atoms with Gasteiger partial charge in [-0.2, -0.15) is 0 Å². The summed E-state index contributed by atoms with van der Waals surface area (Å²) in [6.07, 6.45) is 0.687. The van der Waals surface area contributed by atoms with Crippen molar-refractivity contribution in [2.45, 2.75) is 32.2 Å². The van der Waals surface area contributed by atoms with Gasteiger partial charge in [-0.15, -0.1) is 10.2 Å². The van der Waals surface area contributed by atoms with Gasteiger partial charge in [0, 0.05) is 5.92 Å². The van der Waals surface area contributed by atoms with E-state index in [1.54, 1.807) is 0 Å². The highest BCUT2D eigenvalue weighted by Gasteiger charge is 2.31. The van der Waals surface area contributed by atoms with E-state index in [1.807, 2.05) is 13.8 Å². The number of sulfone groups is 1. The van der Waals surface area contributed by atoms with E-state index in [2.05, 4.69) is 15.5 Å². The standard InChI is InChI=1S/C10H17N3O2S2/c1-3-11-7(2)9-12-13-10(16-9)8-4-5-17(14,15)6-8/h7-8,11H,3-6H2,1-2H3. The maximum atomic E-state index is 11.4. The van der Waals surface area contributed by atoms with Crippen molar-refractivity contribution >= 4 is 21.2 Å². The van der Waals surface area contributed by atoms with Crippen LogP contribution in [0.4, 0.5) is 0 Å². The molecule has 0 aliphatic carbocycles. The van der Waals surface area contributed by atoms with E-state index in [-0.39, 0.29) is 23.5 Å². The van der Waals surface area contributed by atoms with E-state index < -0.39 is 9.84 Å². The summed E-state index contributed by atoms with van der Waals surface area (Å²) >= 11 is 1.53. The zero-order valence-electron chi connectivity index (χ0n) is 10.0. The average Bonchev–Trinajstić information content (AvgIpc) is 2.84. The molecule has 7 heteroatoms. The monoisotopic (exact) mass is 275 g/mol. The van der Waals surface area contributed by atoms with Crippen molar-refractivity contribution in [2.24, 2.45) is 0 Å². The molecule has 2 atom stereocenters. The first-order valence-electron chi connectivity index (χ1n) is 5.79. The summed E-state index contributed by atoms with van der Waals surface area (Å²) in [5.74, 6) is 0.576. The summed E-state index contributed by atoms with van der Waals surface area (Å²) in [5, 5.41) is 13.3. The van der Waals surface area contributed by atoms with Crippen LogP contribution in [0.25, 0.3) is 0 Å². The highest BCUT2D eigenvalue weighted by atomic mass is 32.2. The van der Waals surface area contributed by atoms with Crippen molar-refractivity contribution in [3.05, 3.63) is 10.0 Å². The van der Waals surface area contributed by atoms with Crippen LogP contribution in [0, 0.1) is 0 Å². The van der Waals surface area contributed by atoms with Crippen LogP contribution in [0.2, 0.25) is 0 Å². The molecule has 96 valence electrons. The maximum absolute atomic E-state index is 11.4. The minimum absolute atomic E-state index is 0.0556. The van der Waals surface area contributed by atoms with Gasteiger partial charge in [0.25, 0.3) is 0 Å². The minimum Gasteiger partial charge on any atom is -0.308 e. The van der Waals surface area contributed by atoms with Crippen molar-refractivity contribution < 1.29 is 8.42 Å². The van der Waals surface area contributed by atoms with E-state index in [0.717, 1.165) is 16.6 Å². The fraction of sp³-hybridized carbons (Fsp3) is 0.800. The molecule has 1 aliphatic heterocycles. The smallest absolute Gasteiger partial charge is 0.151 e. The normalized spacial score (nSPS) is 24.9. The maximum Gasteiger partial charge on any atom is 0.151 e. The molecule has 1 aromatic heterocycles. The Labute approximate surface area is 106 Å². The highest BCUT2D eigenvalue weighted by Crippen LogP contribution is 2.32. The molecular formula is C10H17N3O2S2. The Balaban J connectivity index is 2.09. The first kappa shape index (κ1) is 12.9. The third-order valence-electron chi connectivity index (χ3n) is 2.92. The predicted octanol–water partition coefficient (Wildman–Crippen LogP) is 1.11. The van der Waals surface area contributed by atoms with Gasteiger partial charge in [-0.1, -0.05) is 18.3 Å². The molecular weight excluding hydrogens is 258 g/mol. The highest BCUT2D eigenvalue weighted by molar-refractivity contribution is 7.91. The quantitative estimate of drug-likeness (QED) is 0.891. The zero-order valence-corrected chi connectivity index (χ0v) is 11.6. The van der Waals surface area contributed by atoms with Crippen molar-refractivity contribution in [3.8, 4) is 0 Å². The summed E-state index contributed by atoms with van der Waals surface area (Å²) in [5.41, 5.74) is 0. The second-order valence-electron chi connectivity index (χ2n) is 4.36. The first-order valence-corrected chi connectivity index (χ1v) is 8.42. The number of hydrogen-bond donors (Lipinski definition) is 1. The van der Waals surface area contributed by atoms with Crippen LogP contribution in [-0.2, 0) is 9.84 Å². The number of hydrogen-bond acceptors (Lipinski definition) is 6. The van der Waals surface area contributed by atoms with Crippen LogP contribution in [0.15, 0.2) is 0 Å². The van der Waals surface area contributed by atoms with Gasteiger partial charge in [0.1, 0.15) is 10.0 Å². The van der Waals surface area contributed by atoms with Crippen molar-refractivity contribution in [1.29, 1.82) is 0 Å². The molecule has 0 aromatic carbocycles. The van der Waals surface area contributed by atoms with Crippen LogP contribution in [0.5, 0.6) is 0 Å². The van der Waals surface area contributed by atoms with E-state index in [4.69, 9.17) is 0 Å². The topological polar surface area (TPSA) is 72.0 Å². The van der Waals surface area contributed by atoms with Crippen LogP contribution in [-0.4, -0.2) is 36.7 Å². The van der Waals surface area contributed by atoms with Gasteiger partial charge in [-0.3, -0.25) is 0 Å². The third kappa shape index (κ3) is 3.02. The molecule has 1 aliphatic rings. The van der Waals surface area contributed by atoms with Crippen molar-refractivity contribution in [2.75, 3.05) is 18.1 Å². The molecule has 0 saturated carbocycles. The summed E-state index contributed by atoms with van der Waals surface area (Å²) in [6.45, 7) is 4.97. The Morgan fingerprint density at radius 1 is 1.53 bits per heavy atom. The van der Waals surface area contributed by atoms with Crippen molar-refractivity contribution in [3.63, 3.8) is 0 Å². The molecule has 2 heterocycles. The average molecular weight is 275 g/mol. The molecule has 1 aromatic rings. The van der Waals surface area contributed by atoms with Crippen LogP contribution >= 0.6 is 11.3 Å². The van der Waals surface area contributed by atoms with E-state index in [1.165, 1.54) is 11.3 Å². The van der Waals surface area contributed by atoms with E-state index in [9.17, 15) is 8.42 Å². The Bertz CT molecular complexity index is 483. The van der Waals surface area contributed by atoms with E-state index in [0.29, 0.717) is 6.42 Å². The summed E-state index contributed by atoms with van der Waals surface area (Å²) < 4.78 is 22.8. The largest absolute Gasteiger partial charge is 0.308 e. The van der Waals surface area contributed by atoms with Crippen LogP contribution in [0.3, 0.4) is 0 Å². The van der Waals surface area contributed by atoms with Crippen LogP contribution in [0.1, 0.15) is 42.2 Å². The molecule has 1 N–H and O–H groups in total. The number of nitrogens with zero attached hydrogens (tertiary/aromatic N) is 2. The Morgan fingerprint density at radius 3 is 2.88 bits per heavy atom. The number of rotatable bonds is 4. The fourth-order valence-electron chi connectivity index (χ4n) is 1.97. The molecule has 0 amide bonds. The molecule has 0 spiro atoms. The lowest BCUT2D eigenvalue weighted by atomic mass is 10.1. The number of nitrogens with one attached hydrogen (secondary N) is 1. The lowest BCUT2D eigenvalue weighted by molar-refractivity contribution is 0.588. The summed E-state index contributed by atoms with van der Waals surface area (Å²) in [4.78, 5) is 0. The molecule has 0 radical (unpaired) electrons. The van der Waals surface area contributed by atoms with Crippen molar-refractivity contribution in [1.82, 2.24) is 15.5 Å². The van der Waals surface area contributed by atoms with Crippen LogP contribution < -0.4 is 5.32 Å². The molecule has 1 saturated heterocycles. The molecule has 17 heavy (non-hydrogen) atoms. The van der Waals surface area contributed by atoms with Gasteiger partial charge in [0.05, 0.1) is 17.5 Å². The second kappa shape index (κ2) is 4.99. The molecule has 0 bridgehead atoms. The predicted molar refractivity (Wildman–Crippen MR) is 68.0 cm³/mol. The van der Waals surface area contributed by atoms with Gasteiger partial charge in [0.2, 0.25) is 0 Å². The molecule has 5 nitrogen and oxygen atoms in total. The summed E-state index contributed by atoms with van der Waals surface area (Å²) in [6, 6.07) is 0.185. The Morgan fingerprint density at radius 2 is 2.29 bits per heavy atom. The van der Waals surface area contributed by atoms with Gasteiger partial charge in [-0.25, -0.2) is 8.42 Å². The van der Waals surface area contributed by atoms with Gasteiger partial charge in [0.15, 0.2) is 9.84 Å². The minimum atomic E-state index is -2.84. The molecule has 2 unspecified atom stereocenters. The number of aromatic nitrogens is 2. The SMILES string of the molecule is CCNC(C)c1nnc(C2CCS(=O)(=O)C2)s1. The van der Waals surface area contributed by atoms with Gasteiger partial charge < -0.3 is 5.32 Å². The third-order valence-corrected chi connectivity index (χ3v) is 5.96.